The van der Waals surface area contributed by atoms with Crippen LogP contribution < -0.4 is 10.1 Å². The number of hydrogen-bond donors (Lipinski definition) is 2. The summed E-state index contributed by atoms with van der Waals surface area (Å²) in [6.07, 6.45) is 9.32. The summed E-state index contributed by atoms with van der Waals surface area (Å²) in [5.41, 5.74) is 4.17. The number of carboxylic acid groups (broad SMARTS) is 1. The summed E-state index contributed by atoms with van der Waals surface area (Å²) in [5.74, 6) is -0.201. The zero-order valence-electron chi connectivity index (χ0n) is 18.8. The zero-order valence-corrected chi connectivity index (χ0v) is 19.6. The minimum atomic E-state index is -0.877. The second-order valence-corrected chi connectivity index (χ2v) is 9.00. The van der Waals surface area contributed by atoms with Gasteiger partial charge in [0.1, 0.15) is 10.8 Å². The minimum Gasteiger partial charge on any atom is -0.481 e. The maximum absolute atomic E-state index is 11.5. The van der Waals surface area contributed by atoms with Crippen LogP contribution in [0, 0.1) is 0 Å². The van der Waals surface area contributed by atoms with Crippen molar-refractivity contribution in [2.75, 3.05) is 18.5 Å². The van der Waals surface area contributed by atoms with Crippen LogP contribution in [0.5, 0.6) is 6.01 Å². The van der Waals surface area contributed by atoms with Gasteiger partial charge in [-0.05, 0) is 62.6 Å². The van der Waals surface area contributed by atoms with Gasteiger partial charge in [0.25, 0.3) is 0 Å². The summed E-state index contributed by atoms with van der Waals surface area (Å²) in [6, 6.07) is 4.63. The second kappa shape index (κ2) is 11.2. The Kier molecular flexibility index (Phi) is 7.83. The molecule has 4 heterocycles. The molecule has 0 unspecified atom stereocenters. The molecule has 0 saturated carbocycles. The van der Waals surface area contributed by atoms with E-state index in [1.54, 1.807) is 12.4 Å². The molecule has 3 aromatic rings. The van der Waals surface area contributed by atoms with Gasteiger partial charge in [-0.15, -0.1) is 11.3 Å². The monoisotopic (exact) mass is 467 g/mol. The van der Waals surface area contributed by atoms with E-state index in [1.807, 2.05) is 12.3 Å². The van der Waals surface area contributed by atoms with Gasteiger partial charge in [-0.3, -0.25) is 4.79 Å². The number of anilines is 1. The van der Waals surface area contributed by atoms with Gasteiger partial charge in [0.05, 0.1) is 18.7 Å². The number of fused-ring (bicyclic) bond motifs is 1. The number of aliphatic carboxylic acids is 1. The third kappa shape index (κ3) is 6.25. The molecule has 9 heteroatoms. The van der Waals surface area contributed by atoms with Crippen LogP contribution in [-0.2, 0) is 24.1 Å². The Morgan fingerprint density at radius 2 is 1.97 bits per heavy atom. The van der Waals surface area contributed by atoms with Gasteiger partial charge in [-0.2, -0.15) is 0 Å². The number of pyridine rings is 1. The van der Waals surface area contributed by atoms with Crippen LogP contribution in [0.15, 0.2) is 29.9 Å². The van der Waals surface area contributed by atoms with Crippen molar-refractivity contribution < 1.29 is 14.6 Å². The Bertz CT molecular complexity index is 1070. The van der Waals surface area contributed by atoms with Crippen molar-refractivity contribution in [2.45, 2.75) is 57.8 Å². The number of hydrogen-bond acceptors (Lipinski definition) is 8. The Balaban J connectivity index is 1.33. The number of thiazole rings is 1. The zero-order chi connectivity index (χ0) is 23.0. The van der Waals surface area contributed by atoms with Crippen molar-refractivity contribution in [1.82, 2.24) is 19.9 Å². The fourth-order valence-corrected chi connectivity index (χ4v) is 4.93. The van der Waals surface area contributed by atoms with Crippen LogP contribution in [0.2, 0.25) is 0 Å². The number of carboxylic acids is 1. The third-order valence-electron chi connectivity index (χ3n) is 5.64. The van der Waals surface area contributed by atoms with E-state index in [9.17, 15) is 9.90 Å². The van der Waals surface area contributed by atoms with Gasteiger partial charge < -0.3 is 15.2 Å². The summed E-state index contributed by atoms with van der Waals surface area (Å²) < 4.78 is 5.29. The summed E-state index contributed by atoms with van der Waals surface area (Å²) in [5, 5.41) is 15.6. The molecule has 0 spiro atoms. The highest BCUT2D eigenvalue weighted by Gasteiger charge is 2.22. The Morgan fingerprint density at radius 3 is 2.73 bits per heavy atom. The van der Waals surface area contributed by atoms with Crippen LogP contribution in [0.3, 0.4) is 0 Å². The molecule has 1 aliphatic heterocycles. The lowest BCUT2D eigenvalue weighted by molar-refractivity contribution is -0.137. The van der Waals surface area contributed by atoms with Crippen molar-refractivity contribution in [2.24, 2.45) is 0 Å². The number of ether oxygens (including phenoxy) is 1. The number of aryl methyl sites for hydroxylation is 3. The first-order valence-corrected chi connectivity index (χ1v) is 12.3. The number of nitrogens with zero attached hydrogens (tertiary/aromatic N) is 4. The molecule has 4 rings (SSSR count). The average Bonchev–Trinajstić information content (AvgIpc) is 3.29. The molecule has 1 atom stereocenters. The average molecular weight is 468 g/mol. The van der Waals surface area contributed by atoms with Crippen molar-refractivity contribution in [3.8, 4) is 6.01 Å². The van der Waals surface area contributed by atoms with Gasteiger partial charge >= 0.3 is 12.0 Å². The molecule has 2 N–H and O–H groups in total. The molecule has 0 bridgehead atoms. The van der Waals surface area contributed by atoms with Crippen LogP contribution in [0.25, 0.3) is 0 Å². The lowest BCUT2D eigenvalue weighted by atomic mass is 9.99. The minimum absolute atomic E-state index is 0.0532. The normalized spacial score (nSPS) is 13.7. The van der Waals surface area contributed by atoms with E-state index in [2.05, 4.69) is 27.4 Å². The molecule has 0 aromatic carbocycles. The lowest BCUT2D eigenvalue weighted by Crippen LogP contribution is -2.14. The highest BCUT2D eigenvalue weighted by Crippen LogP contribution is 2.30. The number of rotatable bonds is 11. The SMILES string of the molecule is CCOc1ncc([C@H](CC(=O)O)c2nc(CCCCc3ccc4c(n3)NCCC4)cs2)cn1. The van der Waals surface area contributed by atoms with Crippen molar-refractivity contribution in [1.29, 1.82) is 0 Å². The number of carbonyl (C=O) groups is 1. The topological polar surface area (TPSA) is 110 Å². The molecular weight excluding hydrogens is 438 g/mol. The molecular formula is C24H29N5O3S. The molecule has 0 fully saturated rings. The fraction of sp³-hybridized carbons (Fsp3) is 0.458. The van der Waals surface area contributed by atoms with Crippen LogP contribution in [-0.4, -0.2) is 44.2 Å². The first-order chi connectivity index (χ1) is 16.1. The molecule has 1 aliphatic rings. The third-order valence-corrected chi connectivity index (χ3v) is 6.65. The first kappa shape index (κ1) is 23.1. The lowest BCUT2D eigenvalue weighted by Gasteiger charge is -2.17. The largest absolute Gasteiger partial charge is 0.481 e. The maximum Gasteiger partial charge on any atom is 0.316 e. The molecule has 0 radical (unpaired) electrons. The predicted octanol–water partition coefficient (Wildman–Crippen LogP) is 4.26. The molecule has 0 aliphatic carbocycles. The van der Waals surface area contributed by atoms with E-state index in [4.69, 9.17) is 14.7 Å². The number of nitrogens with one attached hydrogen (secondary N) is 1. The summed E-state index contributed by atoms with van der Waals surface area (Å²) in [4.78, 5) is 29.3. The van der Waals surface area contributed by atoms with Crippen LogP contribution in [0.4, 0.5) is 5.82 Å². The van der Waals surface area contributed by atoms with Gasteiger partial charge in [0.15, 0.2) is 0 Å². The van der Waals surface area contributed by atoms with Gasteiger partial charge in [0, 0.05) is 35.9 Å². The highest BCUT2D eigenvalue weighted by atomic mass is 32.1. The van der Waals surface area contributed by atoms with E-state index >= 15 is 0 Å². The van der Waals surface area contributed by atoms with E-state index in [0.717, 1.165) is 66.4 Å². The molecule has 0 saturated heterocycles. The Morgan fingerprint density at radius 1 is 1.18 bits per heavy atom. The quantitative estimate of drug-likeness (QED) is 0.403. The van der Waals surface area contributed by atoms with E-state index in [-0.39, 0.29) is 12.3 Å². The second-order valence-electron chi connectivity index (χ2n) is 8.11. The maximum atomic E-state index is 11.5. The van der Waals surface area contributed by atoms with Gasteiger partial charge in [-0.25, -0.2) is 19.9 Å². The Hall–Kier alpha value is -3.07. The number of aromatic nitrogens is 4. The van der Waals surface area contributed by atoms with Crippen molar-refractivity contribution in [3.63, 3.8) is 0 Å². The molecule has 33 heavy (non-hydrogen) atoms. The molecule has 174 valence electrons. The van der Waals surface area contributed by atoms with Gasteiger partial charge in [0.2, 0.25) is 0 Å². The van der Waals surface area contributed by atoms with E-state index in [1.165, 1.54) is 23.3 Å². The molecule has 3 aromatic heterocycles. The highest BCUT2D eigenvalue weighted by molar-refractivity contribution is 7.09. The van der Waals surface area contributed by atoms with Gasteiger partial charge in [-0.1, -0.05) is 6.07 Å². The molecule has 0 amide bonds. The Labute approximate surface area is 197 Å². The van der Waals surface area contributed by atoms with Crippen LogP contribution >= 0.6 is 11.3 Å². The fourth-order valence-electron chi connectivity index (χ4n) is 3.95. The van der Waals surface area contributed by atoms with E-state index < -0.39 is 5.97 Å². The predicted molar refractivity (Wildman–Crippen MR) is 127 cm³/mol. The van der Waals surface area contributed by atoms with Crippen molar-refractivity contribution >= 4 is 23.1 Å². The van der Waals surface area contributed by atoms with Crippen molar-refractivity contribution in [3.05, 3.63) is 57.4 Å². The smallest absolute Gasteiger partial charge is 0.316 e. The van der Waals surface area contributed by atoms with Crippen LogP contribution in [0.1, 0.15) is 66.0 Å². The summed E-state index contributed by atoms with van der Waals surface area (Å²) in [6.45, 7) is 3.34. The molecule has 8 nitrogen and oxygen atoms in total. The number of unbranched alkanes of at least 4 members (excludes halogenated alkanes) is 1. The summed E-state index contributed by atoms with van der Waals surface area (Å²) >= 11 is 1.50. The summed E-state index contributed by atoms with van der Waals surface area (Å²) in [7, 11) is 0. The van der Waals surface area contributed by atoms with E-state index in [0.29, 0.717) is 12.6 Å². The first-order valence-electron chi connectivity index (χ1n) is 11.5. The standard InChI is InChI=1S/C24H29N5O3S/c1-2-32-24-26-13-17(14-27-24)20(12-21(30)31)23-29-19(15-33-23)8-4-3-7-18-10-9-16-6-5-11-25-22(16)28-18/h9-10,13-15,20H,2-8,11-12H2,1H3,(H,25,28)(H,30,31)/t20-/m0/s1.